The summed E-state index contributed by atoms with van der Waals surface area (Å²) in [6, 6.07) is 70.5. The van der Waals surface area contributed by atoms with E-state index in [-0.39, 0.29) is 152 Å². The lowest BCUT2D eigenvalue weighted by Crippen LogP contribution is -2.08. The molecule has 11 aromatic heterocycles. The molecule has 7 aromatic carbocycles. The number of furan rings is 1. The smallest absolute Gasteiger partial charge is 0.200 e. The number of nitrogens with zero attached hydrogens (tertiary/aromatic N) is 4. The number of aryl methyl sites for hydroxylation is 1. The molecule has 0 atom stereocenters. The molecule has 0 saturated carbocycles. The van der Waals surface area contributed by atoms with Crippen LogP contribution in [0.25, 0.3) is 65.4 Å². The monoisotopic (exact) mass is 1680 g/mol. The van der Waals surface area contributed by atoms with Crippen molar-refractivity contribution < 1.29 is 62.0 Å². The van der Waals surface area contributed by atoms with E-state index in [0.717, 1.165) is 75.9 Å². The minimum Gasteiger partial charge on any atom is -0.461 e. The lowest BCUT2D eigenvalue weighted by atomic mass is 10.0. The minimum absolute atomic E-state index is 0.00193. The number of carbonyl (C=O) groups excluding carboxylic acids is 12. The van der Waals surface area contributed by atoms with Gasteiger partial charge in [0.2, 0.25) is 0 Å². The van der Waals surface area contributed by atoms with E-state index >= 15 is 0 Å². The Morgan fingerprint density at radius 1 is 0.280 bits per heavy atom. The highest BCUT2D eigenvalue weighted by Crippen LogP contribution is 2.28. The molecule has 0 saturated heterocycles. The van der Waals surface area contributed by atoms with Crippen LogP contribution in [0.5, 0.6) is 0 Å². The molecule has 18 rings (SSSR count). The fourth-order valence-electron chi connectivity index (χ4n) is 13.9. The summed E-state index contributed by atoms with van der Waals surface area (Å²) in [6.45, 7) is 1.98. The lowest BCUT2D eigenvalue weighted by molar-refractivity contribution is 0.0903. The number of aromatic amines is 6. The highest BCUT2D eigenvalue weighted by atomic mass is 32.1. The number of thiophene rings is 1. The van der Waals surface area contributed by atoms with Gasteiger partial charge in [-0.25, -0.2) is 9.97 Å². The van der Waals surface area contributed by atoms with E-state index in [2.05, 4.69) is 49.8 Å². The zero-order valence-electron chi connectivity index (χ0n) is 67.9. The maximum atomic E-state index is 12.3. The standard InChI is InChI=1S/C19H17NO2.2C17H14N2O2.C16H13N3O2.C16H13NO3.C16H13NO2S/c1-13-6-8-14(9-7-13)18(21)10-11-19(22)16-12-20-17-5-3-2-4-15(16)17;20-16(12-4-3-9-18-10-12)7-8-17(21)14-11-19-15-6-2-1-5-13(14)15;20-16(8-9-17(21)15-7-3-4-10-18-15)13-11-19-14-6-2-1-5-12(13)14;20-14(6-7-15(21)16-17-8-3-9-18-16)12-10-19-13-5-2-1-4-11(12)13;2*18-14(7-8-15(19)16-6-3-9-20-16)12-10-17-13-5-2-1-4-11(12)13/h2-9,12,20H,10-11H2,1H3;1-6,9-11,19H,7-8H2;1-7,10-11,19H,8-9H2;1-5,8-10,19H,6-7H2;2*1-6,9-10,17H,7-8H2. The molecular weight excluding hydrogens is 1590 g/mol. The number of rotatable bonds is 30. The molecule has 6 N–H and O–H groups in total. The van der Waals surface area contributed by atoms with Crippen LogP contribution in [0, 0.1) is 6.92 Å². The van der Waals surface area contributed by atoms with E-state index in [4.69, 9.17) is 4.42 Å². The van der Waals surface area contributed by atoms with Crippen LogP contribution in [0.1, 0.15) is 207 Å². The third kappa shape index (κ3) is 23.0. The van der Waals surface area contributed by atoms with Crippen LogP contribution in [0.3, 0.4) is 0 Å². The first-order chi connectivity index (χ1) is 60.9. The van der Waals surface area contributed by atoms with Crippen molar-refractivity contribution in [3.05, 3.63) is 383 Å². The van der Waals surface area contributed by atoms with Crippen molar-refractivity contribution in [3.8, 4) is 0 Å². The minimum atomic E-state index is -0.219. The van der Waals surface area contributed by atoms with Gasteiger partial charge in [-0.05, 0) is 97.2 Å². The number of benzene rings is 7. The molecule has 0 unspecified atom stereocenters. The summed E-state index contributed by atoms with van der Waals surface area (Å²) >= 11 is 1.42. The van der Waals surface area contributed by atoms with Gasteiger partial charge in [-0.15, -0.1) is 11.3 Å². The van der Waals surface area contributed by atoms with E-state index in [1.807, 2.05) is 188 Å². The van der Waals surface area contributed by atoms with Crippen LogP contribution in [0.15, 0.2) is 315 Å². The number of para-hydroxylation sites is 6. The summed E-state index contributed by atoms with van der Waals surface area (Å²) in [6.07, 6.45) is 21.8. The van der Waals surface area contributed by atoms with E-state index in [1.165, 1.54) is 36.2 Å². The fraction of sp³-hybridized carbons (Fsp3) is 0.129. The Hall–Kier alpha value is -15.8. The molecule has 125 heavy (non-hydrogen) atoms. The number of ketones is 12. The number of fused-ring (bicyclic) bond motifs is 6. The normalized spacial score (nSPS) is 10.7. The van der Waals surface area contributed by atoms with Gasteiger partial charge < -0.3 is 34.3 Å². The van der Waals surface area contributed by atoms with Crippen LogP contribution < -0.4 is 0 Å². The summed E-state index contributed by atoms with van der Waals surface area (Å²) in [4.78, 5) is 180. The highest BCUT2D eigenvalue weighted by Gasteiger charge is 2.22. The van der Waals surface area contributed by atoms with Crippen molar-refractivity contribution in [2.24, 2.45) is 0 Å². The molecule has 11 heterocycles. The van der Waals surface area contributed by atoms with E-state index in [1.54, 1.807) is 104 Å². The second kappa shape index (κ2) is 42.9. The molecule has 0 aliphatic heterocycles. The number of Topliss-reactive ketones (excluding diaryl/α,β-unsaturated/α-hetero) is 12. The van der Waals surface area contributed by atoms with Crippen LogP contribution >= 0.6 is 11.3 Å². The molecule has 0 spiro atoms. The average molecular weight is 1680 g/mol. The third-order valence-corrected chi connectivity index (χ3v) is 21.4. The van der Waals surface area contributed by atoms with Crippen LogP contribution in [-0.4, -0.2) is 119 Å². The average Bonchev–Trinajstić information content (AvgIpc) is 1.71. The number of hydrogen-bond acceptors (Lipinski definition) is 18. The van der Waals surface area contributed by atoms with Crippen LogP contribution in [0.2, 0.25) is 0 Å². The molecule has 18 aromatic rings. The summed E-state index contributed by atoms with van der Waals surface area (Å²) in [5.74, 6) is -0.180. The van der Waals surface area contributed by atoms with E-state index in [0.29, 0.717) is 56.0 Å². The summed E-state index contributed by atoms with van der Waals surface area (Å²) in [5, 5.41) is 7.27. The molecular formula is C101H84N10O13S. The van der Waals surface area contributed by atoms with Gasteiger partial charge >= 0.3 is 0 Å². The number of carbonyl (C=O) groups is 12. The lowest BCUT2D eigenvalue weighted by Gasteiger charge is -2.02. The number of aromatic nitrogens is 10. The van der Waals surface area contributed by atoms with Gasteiger partial charge in [0.25, 0.3) is 0 Å². The first-order valence-electron chi connectivity index (χ1n) is 40.4. The number of nitrogens with one attached hydrogen (secondary N) is 6. The second-order valence-corrected chi connectivity index (χ2v) is 29.9. The van der Waals surface area contributed by atoms with Gasteiger partial charge in [0.1, 0.15) is 5.69 Å². The quantitative estimate of drug-likeness (QED) is 0.0228. The van der Waals surface area contributed by atoms with E-state index in [9.17, 15) is 57.5 Å². The van der Waals surface area contributed by atoms with Gasteiger partial charge in [0, 0.05) is 255 Å². The maximum absolute atomic E-state index is 12.3. The molecule has 0 bridgehead atoms. The van der Waals surface area contributed by atoms with Crippen molar-refractivity contribution in [3.63, 3.8) is 0 Å². The number of hydrogen-bond donors (Lipinski definition) is 6. The number of pyridine rings is 2. The van der Waals surface area contributed by atoms with Crippen molar-refractivity contribution in [2.45, 2.75) is 84.0 Å². The third-order valence-electron chi connectivity index (χ3n) is 20.5. The second-order valence-electron chi connectivity index (χ2n) is 28.9. The Balaban J connectivity index is 0.000000129. The molecule has 622 valence electrons. The molecule has 0 fully saturated rings. The van der Waals surface area contributed by atoms with Gasteiger partial charge in [-0.1, -0.05) is 151 Å². The Labute approximate surface area is 720 Å². The topological polar surface area (TPSA) is 364 Å². The molecule has 24 heteroatoms. The molecule has 23 nitrogen and oxygen atoms in total. The largest absolute Gasteiger partial charge is 0.461 e. The SMILES string of the molecule is Cc1ccc(C(=O)CCC(=O)c2c[nH]c3ccccc23)cc1.O=C(CCC(=O)c1c[nH]c2ccccc12)c1ccccn1.O=C(CCC(=O)c1c[nH]c2ccccc12)c1cccnc1.O=C(CCC(=O)c1c[nH]c2ccccc12)c1ccco1.O=C(CCC(=O)c1c[nH]c2ccccc12)c1cccs1.O=C(CCC(=O)c1c[nH]c2ccccc12)c1ncccn1. The van der Waals surface area contributed by atoms with Gasteiger partial charge in [-0.2, -0.15) is 0 Å². The van der Waals surface area contributed by atoms with Crippen LogP contribution in [0.4, 0.5) is 0 Å². The number of H-pyrrole nitrogens is 6. The molecule has 0 amide bonds. The fourth-order valence-corrected chi connectivity index (χ4v) is 14.6. The van der Waals surface area contributed by atoms with Crippen LogP contribution in [-0.2, 0) is 0 Å². The van der Waals surface area contributed by atoms with Gasteiger partial charge in [0.05, 0.1) is 11.1 Å². The Kier molecular flexibility index (Phi) is 29.9. The predicted octanol–water partition coefficient (Wildman–Crippen LogP) is 21.6. The maximum Gasteiger partial charge on any atom is 0.200 e. The first-order valence-corrected chi connectivity index (χ1v) is 41.3. The summed E-state index contributed by atoms with van der Waals surface area (Å²) < 4.78 is 5.02. The zero-order valence-corrected chi connectivity index (χ0v) is 68.8. The predicted molar refractivity (Wildman–Crippen MR) is 482 cm³/mol. The van der Waals surface area contributed by atoms with Crippen molar-refractivity contribution >= 4 is 146 Å². The van der Waals surface area contributed by atoms with Crippen molar-refractivity contribution in [1.29, 1.82) is 0 Å². The van der Waals surface area contributed by atoms with E-state index < -0.39 is 0 Å². The molecule has 0 aliphatic carbocycles. The summed E-state index contributed by atoms with van der Waals surface area (Å²) in [5.41, 5.74) is 12.2. The Bertz CT molecular complexity index is 6380. The molecule has 0 aliphatic rings. The molecule has 0 radical (unpaired) electrons. The Morgan fingerprint density at radius 3 is 0.976 bits per heavy atom. The highest BCUT2D eigenvalue weighted by molar-refractivity contribution is 7.12. The summed E-state index contributed by atoms with van der Waals surface area (Å²) in [7, 11) is 0. The zero-order chi connectivity index (χ0) is 87.4. The van der Waals surface area contributed by atoms with Gasteiger partial charge in [-0.3, -0.25) is 67.5 Å². The van der Waals surface area contributed by atoms with Crippen molar-refractivity contribution in [1.82, 2.24) is 49.8 Å². The van der Waals surface area contributed by atoms with Crippen molar-refractivity contribution in [2.75, 3.05) is 0 Å². The van der Waals surface area contributed by atoms with Gasteiger partial charge in [0.15, 0.2) is 81.0 Å². The first kappa shape index (κ1) is 87.0. The Morgan fingerprint density at radius 2 is 0.624 bits per heavy atom.